The summed E-state index contributed by atoms with van der Waals surface area (Å²) >= 11 is 15.7. The molecule has 5 heteroatoms. The Kier molecular flexibility index (Phi) is 3.26. The van der Waals surface area contributed by atoms with Crippen LogP contribution in [0.1, 0.15) is 0 Å². The molecule has 0 unspecified atom stereocenters. The van der Waals surface area contributed by atoms with Crippen molar-refractivity contribution in [2.75, 3.05) is 4.42 Å². The minimum Gasteiger partial charge on any atom is -0.233 e. The lowest BCUT2D eigenvalue weighted by molar-refractivity contribution is 0.628. The Bertz CT molecular complexity index is 288. The van der Waals surface area contributed by atoms with Crippen molar-refractivity contribution in [3.63, 3.8) is 0 Å². The van der Waals surface area contributed by atoms with Crippen molar-refractivity contribution < 1.29 is 4.39 Å². The summed E-state index contributed by atoms with van der Waals surface area (Å²) < 4.78 is 13.5. The van der Waals surface area contributed by atoms with Crippen LogP contribution in [0.5, 0.6) is 0 Å². The van der Waals surface area contributed by atoms with Crippen molar-refractivity contribution in [1.82, 2.24) is 0 Å². The molecule has 0 atom stereocenters. The highest BCUT2D eigenvalue weighted by Crippen LogP contribution is 2.18. The SMILES string of the molecule is Fc1ccc(N(Cl)C(=S)Cl)cc1. The number of benzene rings is 1. The molecule has 0 saturated carbocycles. The number of hydrogen-bond acceptors (Lipinski definition) is 1. The summed E-state index contributed by atoms with van der Waals surface area (Å²) in [5, 5.41) is 0. The summed E-state index contributed by atoms with van der Waals surface area (Å²) in [4.78, 5) is 0. The van der Waals surface area contributed by atoms with Crippen LogP contribution in [0, 0.1) is 5.82 Å². The molecule has 12 heavy (non-hydrogen) atoms. The maximum absolute atomic E-state index is 12.4. The number of rotatable bonds is 1. The van der Waals surface area contributed by atoms with Gasteiger partial charge in [-0.2, -0.15) is 0 Å². The average molecular weight is 224 g/mol. The van der Waals surface area contributed by atoms with Gasteiger partial charge in [0.05, 0.1) is 5.69 Å². The van der Waals surface area contributed by atoms with Crippen LogP contribution in [0.2, 0.25) is 0 Å². The zero-order valence-electron chi connectivity index (χ0n) is 5.80. The molecule has 1 aromatic carbocycles. The zero-order valence-corrected chi connectivity index (χ0v) is 8.13. The highest BCUT2D eigenvalue weighted by Gasteiger charge is 2.05. The number of hydrogen-bond donors (Lipinski definition) is 0. The minimum atomic E-state index is -0.329. The van der Waals surface area contributed by atoms with Crippen molar-refractivity contribution in [2.45, 2.75) is 0 Å². The molecule has 0 aromatic heterocycles. The van der Waals surface area contributed by atoms with E-state index in [-0.39, 0.29) is 10.3 Å². The molecule has 0 aliphatic rings. The fourth-order valence-corrected chi connectivity index (χ4v) is 0.989. The first-order valence-electron chi connectivity index (χ1n) is 3.02. The van der Waals surface area contributed by atoms with E-state index in [0.29, 0.717) is 5.69 Å². The topological polar surface area (TPSA) is 3.24 Å². The summed E-state index contributed by atoms with van der Waals surface area (Å²) in [6.45, 7) is 0. The van der Waals surface area contributed by atoms with Crippen molar-refractivity contribution in [3.8, 4) is 0 Å². The second-order valence-corrected chi connectivity index (χ2v) is 3.32. The van der Waals surface area contributed by atoms with Gasteiger partial charge >= 0.3 is 0 Å². The Morgan fingerprint density at radius 3 is 2.25 bits per heavy atom. The molecule has 1 nitrogen and oxygen atoms in total. The minimum absolute atomic E-state index is 0.00303. The fourth-order valence-electron chi connectivity index (χ4n) is 0.673. The normalized spacial score (nSPS) is 9.58. The quantitative estimate of drug-likeness (QED) is 0.311. The summed E-state index contributed by atoms with van der Waals surface area (Å²) in [5.41, 5.74) is 0.540. The first-order valence-corrected chi connectivity index (χ1v) is 4.14. The smallest absolute Gasteiger partial charge is 0.189 e. The molecule has 0 radical (unpaired) electrons. The summed E-state index contributed by atoms with van der Waals surface area (Å²) in [6, 6.07) is 5.52. The molecule has 0 saturated heterocycles. The van der Waals surface area contributed by atoms with Crippen LogP contribution >= 0.6 is 35.6 Å². The third-order valence-electron chi connectivity index (χ3n) is 1.21. The second-order valence-electron chi connectivity index (χ2n) is 2.01. The standard InChI is InChI=1S/C7H4Cl2FNS/c8-7(12)11(9)6-3-1-5(10)2-4-6/h1-4H. The number of thiocarbonyl (C=S) groups is 1. The van der Waals surface area contributed by atoms with Gasteiger partial charge in [-0.3, -0.25) is 0 Å². The number of halogens is 3. The molecule has 0 N–H and O–H groups in total. The van der Waals surface area contributed by atoms with Gasteiger partial charge in [0.15, 0.2) is 4.45 Å². The predicted molar refractivity (Wildman–Crippen MR) is 53.2 cm³/mol. The van der Waals surface area contributed by atoms with Gasteiger partial charge in [-0.05, 0) is 36.5 Å². The van der Waals surface area contributed by atoms with Gasteiger partial charge in [0.2, 0.25) is 0 Å². The summed E-state index contributed by atoms with van der Waals surface area (Å²) in [6.07, 6.45) is 0. The van der Waals surface area contributed by atoms with Crippen LogP contribution in [0.4, 0.5) is 10.1 Å². The van der Waals surface area contributed by atoms with Gasteiger partial charge in [0.25, 0.3) is 0 Å². The third kappa shape index (κ3) is 2.30. The van der Waals surface area contributed by atoms with Crippen LogP contribution in [0.25, 0.3) is 0 Å². The van der Waals surface area contributed by atoms with Crippen LogP contribution in [-0.2, 0) is 0 Å². The van der Waals surface area contributed by atoms with E-state index in [1.165, 1.54) is 24.3 Å². The largest absolute Gasteiger partial charge is 0.233 e. The van der Waals surface area contributed by atoms with Gasteiger partial charge in [-0.1, -0.05) is 11.6 Å². The maximum Gasteiger partial charge on any atom is 0.189 e. The monoisotopic (exact) mass is 223 g/mol. The van der Waals surface area contributed by atoms with Gasteiger partial charge in [-0.25, -0.2) is 8.81 Å². The third-order valence-corrected chi connectivity index (χ3v) is 2.11. The lowest BCUT2D eigenvalue weighted by atomic mass is 10.3. The molecule has 0 aliphatic carbocycles. The van der Waals surface area contributed by atoms with E-state index in [2.05, 4.69) is 12.2 Å². The molecule has 0 aliphatic heterocycles. The van der Waals surface area contributed by atoms with E-state index in [1.807, 2.05) is 0 Å². The molecular weight excluding hydrogens is 220 g/mol. The Morgan fingerprint density at radius 2 is 1.83 bits per heavy atom. The molecule has 1 aromatic rings. The van der Waals surface area contributed by atoms with Crippen molar-refractivity contribution in [1.29, 1.82) is 0 Å². The molecule has 0 spiro atoms. The molecule has 0 heterocycles. The first kappa shape index (κ1) is 9.71. The van der Waals surface area contributed by atoms with Gasteiger partial charge in [0.1, 0.15) is 5.82 Å². The molecule has 64 valence electrons. The van der Waals surface area contributed by atoms with Crippen LogP contribution in [-0.4, -0.2) is 4.45 Å². The number of nitrogens with zero attached hydrogens (tertiary/aromatic N) is 1. The molecule has 0 amide bonds. The van der Waals surface area contributed by atoms with E-state index in [9.17, 15) is 4.39 Å². The van der Waals surface area contributed by atoms with E-state index < -0.39 is 0 Å². The van der Waals surface area contributed by atoms with Crippen LogP contribution in [0.15, 0.2) is 24.3 Å². The van der Waals surface area contributed by atoms with Crippen LogP contribution in [0.3, 0.4) is 0 Å². The Labute approximate surface area is 84.8 Å². The van der Waals surface area contributed by atoms with Gasteiger partial charge in [-0.15, -0.1) is 0 Å². The summed E-state index contributed by atoms with van der Waals surface area (Å²) in [7, 11) is 0. The van der Waals surface area contributed by atoms with E-state index in [4.69, 9.17) is 23.4 Å². The Hall–Kier alpha value is -0.380. The molecule has 0 fully saturated rings. The fraction of sp³-hybridized carbons (Fsp3) is 0. The molecule has 1 rings (SSSR count). The van der Waals surface area contributed by atoms with Gasteiger partial charge < -0.3 is 0 Å². The highest BCUT2D eigenvalue weighted by molar-refractivity contribution is 7.83. The summed E-state index contributed by atoms with van der Waals surface area (Å²) in [5.74, 6) is -0.329. The lowest BCUT2D eigenvalue weighted by Crippen LogP contribution is -2.11. The molecular formula is C7H4Cl2FNS. The Morgan fingerprint density at radius 1 is 1.33 bits per heavy atom. The first-order chi connectivity index (χ1) is 5.61. The Balaban J connectivity index is 2.89. The lowest BCUT2D eigenvalue weighted by Gasteiger charge is -2.10. The van der Waals surface area contributed by atoms with Crippen molar-refractivity contribution >= 4 is 45.7 Å². The second kappa shape index (κ2) is 4.03. The zero-order chi connectivity index (χ0) is 9.14. The van der Waals surface area contributed by atoms with Gasteiger partial charge in [0, 0.05) is 11.8 Å². The van der Waals surface area contributed by atoms with Crippen molar-refractivity contribution in [3.05, 3.63) is 30.1 Å². The van der Waals surface area contributed by atoms with E-state index in [1.54, 1.807) is 0 Å². The number of anilines is 1. The van der Waals surface area contributed by atoms with E-state index in [0.717, 1.165) is 4.42 Å². The van der Waals surface area contributed by atoms with Crippen LogP contribution < -0.4 is 4.42 Å². The molecule has 0 bridgehead atoms. The average Bonchev–Trinajstić information content (AvgIpc) is 2.04. The maximum atomic E-state index is 12.4. The van der Waals surface area contributed by atoms with Crippen molar-refractivity contribution in [2.24, 2.45) is 0 Å². The predicted octanol–water partition coefficient (Wildman–Crippen LogP) is 3.31. The van der Waals surface area contributed by atoms with E-state index >= 15 is 0 Å². The highest BCUT2D eigenvalue weighted by atomic mass is 35.5.